The summed E-state index contributed by atoms with van der Waals surface area (Å²) in [6.45, 7) is 8.57. The third kappa shape index (κ3) is 2.43. The number of benzene rings is 2. The second kappa shape index (κ2) is 4.96. The topological polar surface area (TPSA) is 29.3 Å². The first-order valence-electron chi connectivity index (χ1n) is 6.58. The molecule has 2 nitrogen and oxygen atoms in total. The minimum atomic E-state index is 0.811. The number of anilines is 3. The molecule has 2 N–H and O–H groups in total. The predicted octanol–water partition coefficient (Wildman–Crippen LogP) is 4.27. The Morgan fingerprint density at radius 3 is 2.21 bits per heavy atom. The molecule has 0 saturated heterocycles. The van der Waals surface area contributed by atoms with Gasteiger partial charge in [-0.2, -0.15) is 0 Å². The van der Waals surface area contributed by atoms with E-state index in [1.54, 1.807) is 0 Å². The Bertz CT molecular complexity index is 615. The fraction of sp³-hybridized carbons (Fsp3) is 0.294. The summed E-state index contributed by atoms with van der Waals surface area (Å²) in [7, 11) is 2.07. The summed E-state index contributed by atoms with van der Waals surface area (Å²) in [6, 6.07) is 10.5. The van der Waals surface area contributed by atoms with Crippen LogP contribution in [0.4, 0.5) is 17.1 Å². The summed E-state index contributed by atoms with van der Waals surface area (Å²) >= 11 is 0. The number of hydrogen-bond donors (Lipinski definition) is 1. The van der Waals surface area contributed by atoms with Crippen molar-refractivity contribution in [3.63, 3.8) is 0 Å². The molecule has 2 rings (SSSR count). The maximum absolute atomic E-state index is 6.10. The van der Waals surface area contributed by atoms with Crippen LogP contribution in [0.15, 0.2) is 30.3 Å². The lowest BCUT2D eigenvalue weighted by Gasteiger charge is -2.25. The highest BCUT2D eigenvalue weighted by Gasteiger charge is 2.12. The van der Waals surface area contributed by atoms with Gasteiger partial charge in [-0.25, -0.2) is 0 Å². The van der Waals surface area contributed by atoms with E-state index in [9.17, 15) is 0 Å². The van der Waals surface area contributed by atoms with Gasteiger partial charge in [0.2, 0.25) is 0 Å². The Balaban J connectivity index is 2.53. The molecule has 0 spiro atoms. The molecule has 2 aromatic rings. The number of nitrogens with two attached hydrogens (primary N) is 1. The van der Waals surface area contributed by atoms with Crippen molar-refractivity contribution in [2.75, 3.05) is 17.7 Å². The van der Waals surface area contributed by atoms with Crippen molar-refractivity contribution in [2.45, 2.75) is 27.7 Å². The summed E-state index contributed by atoms with van der Waals surface area (Å²) in [5, 5.41) is 0. The predicted molar refractivity (Wildman–Crippen MR) is 84.3 cm³/mol. The lowest BCUT2D eigenvalue weighted by atomic mass is 10.0. The van der Waals surface area contributed by atoms with E-state index in [1.807, 2.05) is 12.1 Å². The minimum Gasteiger partial charge on any atom is -0.397 e. The summed E-state index contributed by atoms with van der Waals surface area (Å²) in [5.74, 6) is 0. The van der Waals surface area contributed by atoms with Crippen LogP contribution in [0.5, 0.6) is 0 Å². The molecule has 19 heavy (non-hydrogen) atoms. The van der Waals surface area contributed by atoms with Gasteiger partial charge >= 0.3 is 0 Å². The Morgan fingerprint density at radius 2 is 1.53 bits per heavy atom. The van der Waals surface area contributed by atoms with Gasteiger partial charge in [-0.05, 0) is 68.1 Å². The highest BCUT2D eigenvalue weighted by molar-refractivity contribution is 5.77. The third-order valence-corrected chi connectivity index (χ3v) is 3.94. The van der Waals surface area contributed by atoms with Crippen LogP contribution in [-0.2, 0) is 0 Å². The highest BCUT2D eigenvalue weighted by Crippen LogP contribution is 2.33. The summed E-state index contributed by atoms with van der Waals surface area (Å²) in [6.07, 6.45) is 0. The van der Waals surface area contributed by atoms with Gasteiger partial charge in [-0.15, -0.1) is 0 Å². The van der Waals surface area contributed by atoms with Gasteiger partial charge in [0.05, 0.1) is 11.4 Å². The van der Waals surface area contributed by atoms with Gasteiger partial charge in [-0.3, -0.25) is 0 Å². The van der Waals surface area contributed by atoms with Crippen LogP contribution in [-0.4, -0.2) is 7.05 Å². The van der Waals surface area contributed by atoms with Crippen molar-refractivity contribution < 1.29 is 0 Å². The van der Waals surface area contributed by atoms with E-state index < -0.39 is 0 Å². The first-order chi connectivity index (χ1) is 8.91. The summed E-state index contributed by atoms with van der Waals surface area (Å²) in [5.41, 5.74) is 14.4. The van der Waals surface area contributed by atoms with E-state index in [2.05, 4.69) is 57.8 Å². The molecule has 0 bridgehead atoms. The molecular formula is C17H22N2. The number of aryl methyl sites for hydroxylation is 2. The maximum Gasteiger partial charge on any atom is 0.0644 e. The molecule has 0 fully saturated rings. The lowest BCUT2D eigenvalue weighted by Crippen LogP contribution is -2.13. The van der Waals surface area contributed by atoms with Gasteiger partial charge in [-0.1, -0.05) is 12.1 Å². The van der Waals surface area contributed by atoms with Crippen molar-refractivity contribution in [3.05, 3.63) is 52.6 Å². The van der Waals surface area contributed by atoms with Gasteiger partial charge in [0.1, 0.15) is 0 Å². The first kappa shape index (κ1) is 13.5. The molecule has 2 heteroatoms. The second-order valence-electron chi connectivity index (χ2n) is 5.27. The van der Waals surface area contributed by atoms with Crippen LogP contribution in [0, 0.1) is 27.7 Å². The van der Waals surface area contributed by atoms with Gasteiger partial charge in [0.25, 0.3) is 0 Å². The molecule has 100 valence electrons. The minimum absolute atomic E-state index is 0.811. The Labute approximate surface area is 115 Å². The quantitative estimate of drug-likeness (QED) is 0.811. The molecule has 0 amide bonds. The van der Waals surface area contributed by atoms with Gasteiger partial charge < -0.3 is 10.6 Å². The highest BCUT2D eigenvalue weighted by atomic mass is 15.1. The van der Waals surface area contributed by atoms with E-state index in [0.29, 0.717) is 0 Å². The molecule has 0 aromatic heterocycles. The Morgan fingerprint density at radius 1 is 0.842 bits per heavy atom. The average molecular weight is 254 g/mol. The van der Waals surface area contributed by atoms with E-state index >= 15 is 0 Å². The molecule has 0 heterocycles. The lowest BCUT2D eigenvalue weighted by molar-refractivity contribution is 1.15. The largest absolute Gasteiger partial charge is 0.397 e. The molecule has 0 aliphatic rings. The third-order valence-electron chi connectivity index (χ3n) is 3.94. The van der Waals surface area contributed by atoms with Crippen LogP contribution in [0.2, 0.25) is 0 Å². The van der Waals surface area contributed by atoms with E-state index in [0.717, 1.165) is 11.4 Å². The Kier molecular flexibility index (Phi) is 3.52. The second-order valence-corrected chi connectivity index (χ2v) is 5.27. The molecule has 0 aliphatic carbocycles. The standard InChI is InChI=1S/C17H22N2/c1-11-6-8-15(18)17(10-11)19(5)16-9-7-12(2)13(3)14(16)4/h6-10H,18H2,1-5H3. The molecule has 2 aromatic carbocycles. The van der Waals surface area contributed by atoms with E-state index in [4.69, 9.17) is 5.73 Å². The normalized spacial score (nSPS) is 10.6. The van der Waals surface area contributed by atoms with Gasteiger partial charge in [0.15, 0.2) is 0 Å². The zero-order chi connectivity index (χ0) is 14.2. The molecular weight excluding hydrogens is 232 g/mol. The molecule has 0 atom stereocenters. The average Bonchev–Trinajstić information content (AvgIpc) is 2.38. The smallest absolute Gasteiger partial charge is 0.0644 e. The summed E-state index contributed by atoms with van der Waals surface area (Å²) in [4.78, 5) is 2.17. The van der Waals surface area contributed by atoms with Gasteiger partial charge in [0, 0.05) is 12.7 Å². The van der Waals surface area contributed by atoms with Crippen LogP contribution in [0.3, 0.4) is 0 Å². The fourth-order valence-electron chi connectivity index (χ4n) is 2.38. The summed E-state index contributed by atoms with van der Waals surface area (Å²) < 4.78 is 0. The van der Waals surface area contributed by atoms with Crippen LogP contribution >= 0.6 is 0 Å². The Hall–Kier alpha value is -1.96. The monoisotopic (exact) mass is 254 g/mol. The van der Waals surface area contributed by atoms with Crippen molar-refractivity contribution in [2.24, 2.45) is 0 Å². The van der Waals surface area contributed by atoms with Crippen LogP contribution in [0.25, 0.3) is 0 Å². The fourth-order valence-corrected chi connectivity index (χ4v) is 2.38. The van der Waals surface area contributed by atoms with Crippen molar-refractivity contribution in [1.82, 2.24) is 0 Å². The number of nitrogen functional groups attached to an aromatic ring is 1. The van der Waals surface area contributed by atoms with E-state index in [1.165, 1.54) is 27.9 Å². The molecule has 0 aliphatic heterocycles. The SMILES string of the molecule is Cc1ccc(N)c(N(C)c2ccc(C)c(C)c2C)c1. The zero-order valence-corrected chi connectivity index (χ0v) is 12.4. The molecule has 0 unspecified atom stereocenters. The first-order valence-corrected chi connectivity index (χ1v) is 6.58. The number of hydrogen-bond acceptors (Lipinski definition) is 2. The van der Waals surface area contributed by atoms with Crippen LogP contribution < -0.4 is 10.6 Å². The van der Waals surface area contributed by atoms with Crippen molar-refractivity contribution >= 4 is 17.1 Å². The number of rotatable bonds is 2. The van der Waals surface area contributed by atoms with E-state index in [-0.39, 0.29) is 0 Å². The zero-order valence-electron chi connectivity index (χ0n) is 12.4. The van der Waals surface area contributed by atoms with Crippen LogP contribution in [0.1, 0.15) is 22.3 Å². The van der Waals surface area contributed by atoms with Crippen molar-refractivity contribution in [3.8, 4) is 0 Å². The number of nitrogens with zero attached hydrogens (tertiary/aromatic N) is 1. The molecule has 0 saturated carbocycles. The van der Waals surface area contributed by atoms with Crippen molar-refractivity contribution in [1.29, 1.82) is 0 Å². The molecule has 0 radical (unpaired) electrons. The maximum atomic E-state index is 6.10.